The summed E-state index contributed by atoms with van der Waals surface area (Å²) in [5, 5.41) is 1.11. The smallest absolute Gasteiger partial charge is 0.0627 e. The van der Waals surface area contributed by atoms with Crippen molar-refractivity contribution < 1.29 is 0 Å². The molecule has 1 atom stereocenters. The Labute approximate surface area is 129 Å². The van der Waals surface area contributed by atoms with Crippen molar-refractivity contribution >= 4 is 50.7 Å². The molecule has 0 bridgehead atoms. The van der Waals surface area contributed by atoms with Gasteiger partial charge in [0.2, 0.25) is 0 Å². The third-order valence-corrected chi connectivity index (χ3v) is 3.92. The van der Waals surface area contributed by atoms with Crippen LogP contribution in [0.1, 0.15) is 16.5 Å². The van der Waals surface area contributed by atoms with Crippen LogP contribution in [0.2, 0.25) is 10.0 Å². The molecule has 0 aliphatic rings. The Hall–Kier alpha value is -0.280. The van der Waals surface area contributed by atoms with Crippen molar-refractivity contribution in [1.29, 1.82) is 0 Å². The number of hydrogen-bond acceptors (Lipinski definition) is 1. The van der Waals surface area contributed by atoms with E-state index in [-0.39, 0.29) is 5.38 Å². The van der Waals surface area contributed by atoms with E-state index in [0.29, 0.717) is 16.5 Å². The number of aromatic nitrogens is 1. The van der Waals surface area contributed by atoms with Gasteiger partial charge in [0.1, 0.15) is 0 Å². The predicted molar refractivity (Wildman–Crippen MR) is 80.7 cm³/mol. The van der Waals surface area contributed by atoms with Gasteiger partial charge >= 0.3 is 0 Å². The van der Waals surface area contributed by atoms with Crippen LogP contribution in [-0.4, -0.2) is 4.98 Å². The standard InChI is InChI=1S/C13H9BrCl3N/c14-10-3-9(4-11(15)6-10)12(16)5-8-1-2-18-7-13(8)17/h1-4,6-7,12H,5H2. The average Bonchev–Trinajstić information content (AvgIpc) is 2.31. The molecule has 1 aromatic heterocycles. The predicted octanol–water partition coefficient (Wildman–Crippen LogP) is 5.67. The molecule has 5 heteroatoms. The zero-order valence-corrected chi connectivity index (χ0v) is 13.1. The monoisotopic (exact) mass is 363 g/mol. The second kappa shape index (κ2) is 6.25. The lowest BCUT2D eigenvalue weighted by Crippen LogP contribution is -1.97. The third kappa shape index (κ3) is 3.61. The van der Waals surface area contributed by atoms with Crippen LogP contribution in [0.3, 0.4) is 0 Å². The fourth-order valence-electron chi connectivity index (χ4n) is 1.64. The van der Waals surface area contributed by atoms with Crippen molar-refractivity contribution in [2.24, 2.45) is 0 Å². The van der Waals surface area contributed by atoms with E-state index in [1.54, 1.807) is 12.4 Å². The Morgan fingerprint density at radius 2 is 2.00 bits per heavy atom. The topological polar surface area (TPSA) is 12.9 Å². The van der Waals surface area contributed by atoms with Gasteiger partial charge in [0, 0.05) is 21.9 Å². The Morgan fingerprint density at radius 1 is 1.22 bits per heavy atom. The van der Waals surface area contributed by atoms with E-state index in [9.17, 15) is 0 Å². The molecular formula is C13H9BrCl3N. The molecule has 0 saturated heterocycles. The van der Waals surface area contributed by atoms with Gasteiger partial charge in [-0.1, -0.05) is 39.1 Å². The minimum absolute atomic E-state index is 0.181. The summed E-state index contributed by atoms with van der Waals surface area (Å²) in [6, 6.07) is 7.52. The van der Waals surface area contributed by atoms with Gasteiger partial charge in [0.25, 0.3) is 0 Å². The molecule has 0 spiro atoms. The molecule has 1 heterocycles. The van der Waals surface area contributed by atoms with E-state index in [2.05, 4.69) is 20.9 Å². The first-order valence-corrected chi connectivity index (χ1v) is 7.23. The van der Waals surface area contributed by atoms with Gasteiger partial charge in [0.15, 0.2) is 0 Å². The highest BCUT2D eigenvalue weighted by Crippen LogP contribution is 2.31. The van der Waals surface area contributed by atoms with Gasteiger partial charge in [0.05, 0.1) is 10.4 Å². The molecule has 0 saturated carbocycles. The molecule has 0 fully saturated rings. The zero-order valence-electron chi connectivity index (χ0n) is 9.21. The molecule has 1 aromatic carbocycles. The van der Waals surface area contributed by atoms with E-state index in [4.69, 9.17) is 34.8 Å². The number of benzene rings is 1. The summed E-state index contributed by atoms with van der Waals surface area (Å²) in [7, 11) is 0. The normalized spacial score (nSPS) is 12.4. The number of nitrogens with zero attached hydrogens (tertiary/aromatic N) is 1. The van der Waals surface area contributed by atoms with Crippen LogP contribution in [0, 0.1) is 0 Å². The maximum Gasteiger partial charge on any atom is 0.0627 e. The quantitative estimate of drug-likeness (QED) is 0.638. The Balaban J connectivity index is 2.22. The maximum absolute atomic E-state index is 6.40. The van der Waals surface area contributed by atoms with E-state index in [1.165, 1.54) is 0 Å². The summed E-state index contributed by atoms with van der Waals surface area (Å²) in [6.07, 6.45) is 3.96. The van der Waals surface area contributed by atoms with Crippen molar-refractivity contribution in [1.82, 2.24) is 4.98 Å². The lowest BCUT2D eigenvalue weighted by atomic mass is 10.0. The van der Waals surface area contributed by atoms with Gasteiger partial charge in [-0.05, 0) is 41.8 Å². The third-order valence-electron chi connectivity index (χ3n) is 2.50. The van der Waals surface area contributed by atoms with Crippen molar-refractivity contribution in [2.75, 3.05) is 0 Å². The van der Waals surface area contributed by atoms with Gasteiger partial charge in [-0.15, -0.1) is 11.6 Å². The Kier molecular flexibility index (Phi) is 4.91. The highest BCUT2D eigenvalue weighted by atomic mass is 79.9. The lowest BCUT2D eigenvalue weighted by molar-refractivity contribution is 0.915. The molecule has 18 heavy (non-hydrogen) atoms. The molecule has 1 unspecified atom stereocenters. The second-order valence-electron chi connectivity index (χ2n) is 3.84. The molecule has 2 aromatic rings. The van der Waals surface area contributed by atoms with E-state index in [0.717, 1.165) is 15.6 Å². The highest BCUT2D eigenvalue weighted by Gasteiger charge is 2.12. The number of alkyl halides is 1. The fraction of sp³-hybridized carbons (Fsp3) is 0.154. The van der Waals surface area contributed by atoms with Gasteiger partial charge in [-0.25, -0.2) is 0 Å². The highest BCUT2D eigenvalue weighted by molar-refractivity contribution is 9.10. The number of rotatable bonds is 3. The van der Waals surface area contributed by atoms with Gasteiger partial charge in [-0.2, -0.15) is 0 Å². The second-order valence-corrected chi connectivity index (χ2v) is 6.13. The van der Waals surface area contributed by atoms with Crippen LogP contribution in [0.5, 0.6) is 0 Å². The minimum atomic E-state index is -0.181. The molecule has 94 valence electrons. The average molecular weight is 365 g/mol. The van der Waals surface area contributed by atoms with Crippen LogP contribution >= 0.6 is 50.7 Å². The SMILES string of the molecule is Clc1cc(Br)cc(C(Cl)Cc2ccncc2Cl)c1. The van der Waals surface area contributed by atoms with Crippen LogP contribution in [0.15, 0.2) is 41.1 Å². The Bertz CT molecular complexity index is 539. The number of halogens is 4. The molecule has 0 radical (unpaired) electrons. The first-order chi connectivity index (χ1) is 8.56. The fourth-order valence-corrected chi connectivity index (χ4v) is 3.01. The summed E-state index contributed by atoms with van der Waals surface area (Å²) in [5.74, 6) is 0. The molecular weight excluding hydrogens is 356 g/mol. The summed E-state index contributed by atoms with van der Waals surface area (Å²) in [5.41, 5.74) is 1.94. The van der Waals surface area contributed by atoms with Crippen LogP contribution in [0.4, 0.5) is 0 Å². The van der Waals surface area contributed by atoms with E-state index < -0.39 is 0 Å². The number of pyridine rings is 1. The number of hydrogen-bond donors (Lipinski definition) is 0. The van der Waals surface area contributed by atoms with Gasteiger partial charge < -0.3 is 0 Å². The summed E-state index contributed by atoms with van der Waals surface area (Å²) < 4.78 is 0.913. The minimum Gasteiger partial charge on any atom is -0.263 e. The van der Waals surface area contributed by atoms with Crippen LogP contribution < -0.4 is 0 Å². The summed E-state index contributed by atoms with van der Waals surface area (Å²) >= 11 is 21.9. The largest absolute Gasteiger partial charge is 0.263 e. The van der Waals surface area contributed by atoms with E-state index >= 15 is 0 Å². The molecule has 0 aliphatic carbocycles. The first kappa shape index (κ1) is 14.1. The molecule has 0 aliphatic heterocycles. The lowest BCUT2D eigenvalue weighted by Gasteiger charge is -2.12. The summed E-state index contributed by atoms with van der Waals surface area (Å²) in [4.78, 5) is 3.95. The van der Waals surface area contributed by atoms with Gasteiger partial charge in [-0.3, -0.25) is 4.98 Å². The van der Waals surface area contributed by atoms with Crippen molar-refractivity contribution in [3.05, 3.63) is 62.3 Å². The first-order valence-electron chi connectivity index (χ1n) is 5.24. The summed E-state index contributed by atoms with van der Waals surface area (Å²) in [6.45, 7) is 0. The van der Waals surface area contributed by atoms with E-state index in [1.807, 2.05) is 24.3 Å². The zero-order chi connectivity index (χ0) is 13.1. The molecule has 0 N–H and O–H groups in total. The molecule has 1 nitrogen and oxygen atoms in total. The van der Waals surface area contributed by atoms with Crippen molar-refractivity contribution in [3.8, 4) is 0 Å². The van der Waals surface area contributed by atoms with Crippen LogP contribution in [0.25, 0.3) is 0 Å². The molecule has 0 amide bonds. The van der Waals surface area contributed by atoms with Crippen molar-refractivity contribution in [2.45, 2.75) is 11.8 Å². The van der Waals surface area contributed by atoms with Crippen LogP contribution in [-0.2, 0) is 6.42 Å². The van der Waals surface area contributed by atoms with Crippen molar-refractivity contribution in [3.63, 3.8) is 0 Å². The molecule has 2 rings (SSSR count). The maximum atomic E-state index is 6.40. The Morgan fingerprint density at radius 3 is 2.67 bits per heavy atom.